The fourth-order valence-corrected chi connectivity index (χ4v) is 8.55. The van der Waals surface area contributed by atoms with Crippen molar-refractivity contribution in [3.8, 4) is 28.3 Å². The number of rotatable bonds is 15. The van der Waals surface area contributed by atoms with Crippen molar-refractivity contribution in [2.45, 2.75) is 54.9 Å². The van der Waals surface area contributed by atoms with Gasteiger partial charge in [-0.05, 0) is 91.2 Å². The van der Waals surface area contributed by atoms with E-state index in [1.807, 2.05) is 0 Å². The minimum atomic E-state index is -5.46. The lowest BCUT2D eigenvalue weighted by molar-refractivity contribution is -0.231. The summed E-state index contributed by atoms with van der Waals surface area (Å²) in [5.74, 6) is -16.4. The molecule has 1 aromatic heterocycles. The van der Waals surface area contributed by atoms with E-state index in [9.17, 15) is 40.4 Å². The number of alkyl halides is 4. The zero-order valence-corrected chi connectivity index (χ0v) is 32.6. The van der Waals surface area contributed by atoms with E-state index in [0.717, 1.165) is 12.8 Å². The number of hydrogen-bond acceptors (Lipinski definition) is 10. The Hall–Kier alpha value is -5.44. The smallest absolute Gasteiger partial charge is 0.411 e. The molecule has 2 fully saturated rings. The number of carbonyl (C=O) groups is 3. The van der Waals surface area contributed by atoms with Gasteiger partial charge in [-0.25, -0.2) is 18.2 Å². The number of hydrogen-bond donors (Lipinski definition) is 5. The number of methoxy groups -OCH3 is 1. The Bertz CT molecular complexity index is 2250. The lowest BCUT2D eigenvalue weighted by Crippen LogP contribution is -2.48. The molecule has 20 heteroatoms. The number of benzene rings is 3. The van der Waals surface area contributed by atoms with Gasteiger partial charge in [0.05, 0.1) is 20.3 Å². The van der Waals surface area contributed by atoms with Gasteiger partial charge in [0.1, 0.15) is 16.7 Å². The lowest BCUT2D eigenvalue weighted by Gasteiger charge is -2.28. The number of anilines is 1. The number of ether oxygens (including phenoxy) is 2. The van der Waals surface area contributed by atoms with Crippen LogP contribution in [0.5, 0.6) is 5.75 Å². The number of H-pyrrole nitrogens is 1. The molecular weight excluding hydrogens is 803 g/mol. The van der Waals surface area contributed by atoms with Gasteiger partial charge in [-0.1, -0.05) is 30.3 Å². The van der Waals surface area contributed by atoms with Crippen LogP contribution in [0, 0.1) is 11.8 Å². The molecule has 2 heterocycles. The number of nitrogens with one attached hydrogen (secondary N) is 3. The van der Waals surface area contributed by atoms with E-state index in [1.54, 1.807) is 42.5 Å². The van der Waals surface area contributed by atoms with Crippen LogP contribution >= 0.6 is 0 Å². The van der Waals surface area contributed by atoms with E-state index >= 15 is 0 Å². The standard InChI is InChI=1S/C39H43F4N7O8S/c1-57-31-15-12-28(21-32(31)59(55,56)50-16-18-58-19-17-50)25-6-2-23(3-7-25)20-30(46-34(51)27-8-4-24(22-44)5-9-27)35(52)45-29-13-10-26(11-14-29)33-47-36(49-48-33)38(40,41)39(42,43)37(53)54/h2-3,6-7,10-15,21,24,27,30H,4-5,8-9,16-20,22,44H2,1H3,(H,45,52)(H,46,51)(H,53,54)(H,47,48,49)/t24-,27-,30-/m0/s1. The molecule has 0 bridgehead atoms. The van der Waals surface area contributed by atoms with Crippen molar-refractivity contribution >= 4 is 33.5 Å². The van der Waals surface area contributed by atoms with Gasteiger partial charge >= 0.3 is 17.8 Å². The van der Waals surface area contributed by atoms with E-state index in [4.69, 9.17) is 20.3 Å². The SMILES string of the molecule is COc1ccc(-c2ccc(C[C@H](NC(=O)[C@H]3CC[C@H](CN)CC3)C(=O)Nc3ccc(-c4nc(C(F)(F)C(F)(F)C(=O)O)n[nH]4)cc3)cc2)cc1S(=O)(=O)N1CCOCC1. The number of halogens is 4. The molecule has 316 valence electrons. The normalized spacial score (nSPS) is 18.5. The first-order chi connectivity index (χ1) is 28.0. The van der Waals surface area contributed by atoms with Crippen LogP contribution in [0.3, 0.4) is 0 Å². The fraction of sp³-hybridized carbons (Fsp3) is 0.410. The second-order valence-corrected chi connectivity index (χ2v) is 16.2. The minimum Gasteiger partial charge on any atom is -0.495 e. The van der Waals surface area contributed by atoms with Crippen molar-refractivity contribution in [2.24, 2.45) is 17.6 Å². The van der Waals surface area contributed by atoms with Crippen molar-refractivity contribution in [1.82, 2.24) is 24.8 Å². The molecule has 1 saturated carbocycles. The second kappa shape index (κ2) is 17.8. The summed E-state index contributed by atoms with van der Waals surface area (Å²) in [6, 6.07) is 16.4. The number of carbonyl (C=O) groups excluding carboxylic acids is 2. The Balaban J connectivity index is 1.19. The lowest BCUT2D eigenvalue weighted by atomic mass is 9.81. The van der Waals surface area contributed by atoms with Crippen LogP contribution in [0.25, 0.3) is 22.5 Å². The van der Waals surface area contributed by atoms with Crippen LogP contribution in [0.2, 0.25) is 0 Å². The Morgan fingerprint density at radius 1 is 0.966 bits per heavy atom. The Kier molecular flexibility index (Phi) is 13.0. The number of nitrogens with zero attached hydrogens (tertiary/aromatic N) is 3. The van der Waals surface area contributed by atoms with Gasteiger partial charge < -0.3 is 30.9 Å². The molecule has 2 aliphatic rings. The van der Waals surface area contributed by atoms with E-state index < -0.39 is 45.6 Å². The maximum atomic E-state index is 14.2. The predicted octanol–water partition coefficient (Wildman–Crippen LogP) is 4.41. The van der Waals surface area contributed by atoms with Crippen LogP contribution < -0.4 is 21.1 Å². The zero-order chi connectivity index (χ0) is 42.5. The van der Waals surface area contributed by atoms with Gasteiger partial charge in [-0.2, -0.15) is 27.0 Å². The number of amides is 2. The van der Waals surface area contributed by atoms with Crippen LogP contribution in [-0.2, 0) is 41.5 Å². The maximum Gasteiger partial charge on any atom is 0.411 e. The van der Waals surface area contributed by atoms with Gasteiger partial charge in [0.15, 0.2) is 5.82 Å². The molecule has 3 aromatic carbocycles. The summed E-state index contributed by atoms with van der Waals surface area (Å²) in [5, 5.41) is 19.4. The summed E-state index contributed by atoms with van der Waals surface area (Å²) in [4.78, 5) is 41.4. The summed E-state index contributed by atoms with van der Waals surface area (Å²) in [7, 11) is -2.49. The van der Waals surface area contributed by atoms with Crippen molar-refractivity contribution < 1.29 is 54.9 Å². The molecule has 6 rings (SSSR count). The Labute approximate surface area is 336 Å². The maximum absolute atomic E-state index is 14.2. The number of morpholine rings is 1. The van der Waals surface area contributed by atoms with Gasteiger partial charge in [-0.15, -0.1) is 0 Å². The molecule has 0 spiro atoms. The first kappa shape index (κ1) is 43.1. The highest BCUT2D eigenvalue weighted by molar-refractivity contribution is 7.89. The number of aliphatic carboxylic acids is 1. The minimum absolute atomic E-state index is 0.0176. The van der Waals surface area contributed by atoms with Gasteiger partial charge in [0.2, 0.25) is 27.7 Å². The molecule has 59 heavy (non-hydrogen) atoms. The average Bonchev–Trinajstić information content (AvgIpc) is 3.75. The number of sulfonamides is 1. The first-order valence-electron chi connectivity index (χ1n) is 18.7. The third-order valence-electron chi connectivity index (χ3n) is 10.5. The molecule has 1 aliphatic heterocycles. The number of carboxylic acids is 1. The quantitative estimate of drug-likeness (QED) is 0.106. The molecule has 4 aromatic rings. The Morgan fingerprint density at radius 3 is 2.20 bits per heavy atom. The van der Waals surface area contributed by atoms with E-state index in [0.29, 0.717) is 42.0 Å². The van der Waals surface area contributed by atoms with Crippen LogP contribution in [-0.4, -0.2) is 103 Å². The summed E-state index contributed by atoms with van der Waals surface area (Å²) in [6.45, 7) is 1.53. The second-order valence-electron chi connectivity index (χ2n) is 14.3. The van der Waals surface area contributed by atoms with Gasteiger partial charge in [0, 0.05) is 36.7 Å². The molecule has 1 aliphatic carbocycles. The molecule has 0 radical (unpaired) electrons. The number of aromatic nitrogens is 3. The molecule has 6 N–H and O–H groups in total. The highest BCUT2D eigenvalue weighted by Gasteiger charge is 2.66. The summed E-state index contributed by atoms with van der Waals surface area (Å²) < 4.78 is 95.1. The topological polar surface area (TPSA) is 219 Å². The molecule has 2 amide bonds. The van der Waals surface area contributed by atoms with Crippen LogP contribution in [0.4, 0.5) is 23.2 Å². The fourth-order valence-electron chi connectivity index (χ4n) is 6.96. The van der Waals surface area contributed by atoms with Crippen molar-refractivity contribution in [1.29, 1.82) is 0 Å². The monoisotopic (exact) mass is 845 g/mol. The molecule has 1 saturated heterocycles. The van der Waals surface area contributed by atoms with Crippen molar-refractivity contribution in [3.05, 3.63) is 78.1 Å². The summed E-state index contributed by atoms with van der Waals surface area (Å²) >= 11 is 0. The summed E-state index contributed by atoms with van der Waals surface area (Å²) in [5.41, 5.74) is 8.15. The molecule has 15 nitrogen and oxygen atoms in total. The third-order valence-corrected chi connectivity index (χ3v) is 12.4. The molecule has 0 unspecified atom stereocenters. The highest BCUT2D eigenvalue weighted by atomic mass is 32.2. The van der Waals surface area contributed by atoms with E-state index in [1.165, 1.54) is 35.7 Å². The van der Waals surface area contributed by atoms with Gasteiger partial charge in [-0.3, -0.25) is 14.7 Å². The molecular formula is C39H43F4N7O8S. The van der Waals surface area contributed by atoms with Crippen molar-refractivity contribution in [2.75, 3.05) is 45.3 Å². The van der Waals surface area contributed by atoms with E-state index in [2.05, 4.69) is 25.8 Å². The summed E-state index contributed by atoms with van der Waals surface area (Å²) in [6.07, 6.45) is 2.88. The van der Waals surface area contributed by atoms with Gasteiger partial charge in [0.25, 0.3) is 0 Å². The third kappa shape index (κ3) is 9.40. The number of carboxylic acid groups (broad SMARTS) is 1. The average molecular weight is 846 g/mol. The van der Waals surface area contributed by atoms with Crippen LogP contribution in [0.15, 0.2) is 71.6 Å². The molecule has 1 atom stereocenters. The largest absolute Gasteiger partial charge is 0.495 e. The number of aromatic amines is 1. The highest BCUT2D eigenvalue weighted by Crippen LogP contribution is 2.42. The first-order valence-corrected chi connectivity index (χ1v) is 20.2. The Morgan fingerprint density at radius 2 is 1.59 bits per heavy atom. The zero-order valence-electron chi connectivity index (χ0n) is 31.8. The van der Waals surface area contributed by atoms with Crippen LogP contribution in [0.1, 0.15) is 37.1 Å². The van der Waals surface area contributed by atoms with E-state index in [-0.39, 0.29) is 72.3 Å². The predicted molar refractivity (Wildman–Crippen MR) is 205 cm³/mol. The van der Waals surface area contributed by atoms with Crippen molar-refractivity contribution in [3.63, 3.8) is 0 Å². The number of nitrogens with two attached hydrogens (primary N) is 1.